The lowest BCUT2D eigenvalue weighted by Crippen LogP contribution is -2.37. The molecule has 1 saturated carbocycles. The molecular formula is C13H15ClN2O3S. The molecule has 1 saturated heterocycles. The second-order valence-electron chi connectivity index (χ2n) is 5.51. The summed E-state index contributed by atoms with van der Waals surface area (Å²) in [5.41, 5.74) is 0.286. The van der Waals surface area contributed by atoms with Crippen molar-refractivity contribution >= 4 is 27.5 Å². The number of benzene rings is 1. The number of halogens is 1. The van der Waals surface area contributed by atoms with Crippen molar-refractivity contribution in [3.63, 3.8) is 0 Å². The zero-order valence-electron chi connectivity index (χ0n) is 10.8. The largest absolute Gasteiger partial charge is 0.335 e. The standard InChI is InChI=1S/C13H15ClN2O3S/c14-10-4-9(5-12(6-10)20(15,18)19)13(17)16-7-8-1-2-11(16)3-8/h4-6,8,11H,1-3,7H2,(H2,15,18,19). The predicted octanol–water partition coefficient (Wildman–Crippen LogP) is 1.61. The van der Waals surface area contributed by atoms with Crippen molar-refractivity contribution in [2.75, 3.05) is 6.54 Å². The number of fused-ring (bicyclic) bond motifs is 2. The van der Waals surface area contributed by atoms with Gasteiger partial charge in [0.05, 0.1) is 4.90 Å². The SMILES string of the molecule is NS(=O)(=O)c1cc(Cl)cc(C(=O)N2CC3CCC2C3)c1. The van der Waals surface area contributed by atoms with E-state index in [1.807, 2.05) is 4.90 Å². The van der Waals surface area contributed by atoms with Gasteiger partial charge >= 0.3 is 0 Å². The van der Waals surface area contributed by atoms with Gasteiger partial charge in [-0.1, -0.05) is 11.6 Å². The van der Waals surface area contributed by atoms with E-state index in [1.54, 1.807) is 0 Å². The van der Waals surface area contributed by atoms with Gasteiger partial charge in [0.2, 0.25) is 10.0 Å². The Morgan fingerprint density at radius 1 is 1.30 bits per heavy atom. The highest BCUT2D eigenvalue weighted by Crippen LogP contribution is 2.38. The van der Waals surface area contributed by atoms with E-state index >= 15 is 0 Å². The average Bonchev–Trinajstić information content (AvgIpc) is 2.98. The molecule has 3 rings (SSSR count). The third-order valence-corrected chi connectivity index (χ3v) is 5.23. The van der Waals surface area contributed by atoms with Crippen molar-refractivity contribution < 1.29 is 13.2 Å². The molecule has 5 nitrogen and oxygen atoms in total. The van der Waals surface area contributed by atoms with Crippen LogP contribution in [0.4, 0.5) is 0 Å². The molecular weight excluding hydrogens is 300 g/mol. The summed E-state index contributed by atoms with van der Waals surface area (Å²) in [4.78, 5) is 14.2. The van der Waals surface area contributed by atoms with E-state index in [1.165, 1.54) is 24.6 Å². The number of hydrogen-bond donors (Lipinski definition) is 1. The van der Waals surface area contributed by atoms with Crippen LogP contribution < -0.4 is 5.14 Å². The van der Waals surface area contributed by atoms with Gasteiger partial charge in [0.25, 0.3) is 5.91 Å². The van der Waals surface area contributed by atoms with Crippen LogP contribution in [0.2, 0.25) is 5.02 Å². The molecule has 2 N–H and O–H groups in total. The first-order valence-corrected chi connectivity index (χ1v) is 8.41. The first-order valence-electron chi connectivity index (χ1n) is 6.49. The van der Waals surface area contributed by atoms with E-state index in [0.29, 0.717) is 5.92 Å². The van der Waals surface area contributed by atoms with E-state index < -0.39 is 10.0 Å². The maximum absolute atomic E-state index is 12.5. The first-order chi connectivity index (χ1) is 9.34. The number of rotatable bonds is 2. The molecule has 7 heteroatoms. The van der Waals surface area contributed by atoms with Gasteiger partial charge in [-0.3, -0.25) is 4.79 Å². The predicted molar refractivity (Wildman–Crippen MR) is 75.0 cm³/mol. The molecule has 1 amide bonds. The molecule has 2 atom stereocenters. The van der Waals surface area contributed by atoms with Crippen LogP contribution in [0.1, 0.15) is 29.6 Å². The number of hydrogen-bond acceptors (Lipinski definition) is 3. The van der Waals surface area contributed by atoms with E-state index in [9.17, 15) is 13.2 Å². The number of primary sulfonamides is 1. The van der Waals surface area contributed by atoms with E-state index in [4.69, 9.17) is 16.7 Å². The van der Waals surface area contributed by atoms with Crippen LogP contribution in [0.5, 0.6) is 0 Å². The Hall–Kier alpha value is -1.11. The molecule has 0 radical (unpaired) electrons. The average molecular weight is 315 g/mol. The Bertz CT molecular complexity index is 674. The molecule has 108 valence electrons. The minimum atomic E-state index is -3.87. The van der Waals surface area contributed by atoms with Gasteiger partial charge in [0.1, 0.15) is 0 Å². The lowest BCUT2D eigenvalue weighted by atomic mass is 10.1. The third kappa shape index (κ3) is 2.43. The third-order valence-electron chi connectivity index (χ3n) is 4.12. The quantitative estimate of drug-likeness (QED) is 0.900. The Balaban J connectivity index is 1.94. The topological polar surface area (TPSA) is 80.5 Å². The van der Waals surface area contributed by atoms with Crippen molar-refractivity contribution in [3.05, 3.63) is 28.8 Å². The van der Waals surface area contributed by atoms with Gasteiger partial charge in [-0.15, -0.1) is 0 Å². The van der Waals surface area contributed by atoms with Gasteiger partial charge in [-0.25, -0.2) is 13.6 Å². The minimum Gasteiger partial charge on any atom is -0.335 e. The zero-order valence-corrected chi connectivity index (χ0v) is 12.3. The number of sulfonamides is 1. The molecule has 1 aromatic carbocycles. The highest BCUT2D eigenvalue weighted by molar-refractivity contribution is 7.89. The van der Waals surface area contributed by atoms with Crippen molar-refractivity contribution in [2.24, 2.45) is 11.1 Å². The number of amides is 1. The fourth-order valence-corrected chi connectivity index (χ4v) is 4.07. The summed E-state index contributed by atoms with van der Waals surface area (Å²) in [6.45, 7) is 0.751. The molecule has 2 fully saturated rings. The van der Waals surface area contributed by atoms with E-state index in [2.05, 4.69) is 0 Å². The van der Waals surface area contributed by atoms with Gasteiger partial charge in [0, 0.05) is 23.2 Å². The van der Waals surface area contributed by atoms with Crippen molar-refractivity contribution in [1.29, 1.82) is 0 Å². The minimum absolute atomic E-state index is 0.127. The van der Waals surface area contributed by atoms with E-state index in [0.717, 1.165) is 19.4 Å². The highest BCUT2D eigenvalue weighted by atomic mass is 35.5. The molecule has 1 heterocycles. The van der Waals surface area contributed by atoms with Gasteiger partial charge in [-0.2, -0.15) is 0 Å². The molecule has 20 heavy (non-hydrogen) atoms. The number of nitrogens with two attached hydrogens (primary N) is 1. The van der Waals surface area contributed by atoms with Crippen LogP contribution in [0.3, 0.4) is 0 Å². The van der Waals surface area contributed by atoms with Gasteiger partial charge in [-0.05, 0) is 43.4 Å². The molecule has 2 unspecified atom stereocenters. The summed E-state index contributed by atoms with van der Waals surface area (Å²) < 4.78 is 22.8. The molecule has 0 aromatic heterocycles. The summed E-state index contributed by atoms with van der Waals surface area (Å²) in [6.07, 6.45) is 3.25. The zero-order chi connectivity index (χ0) is 14.5. The summed E-state index contributed by atoms with van der Waals surface area (Å²) in [5.74, 6) is 0.422. The Morgan fingerprint density at radius 2 is 2.05 bits per heavy atom. The van der Waals surface area contributed by atoms with Crippen LogP contribution >= 0.6 is 11.6 Å². The lowest BCUT2D eigenvalue weighted by molar-refractivity contribution is 0.0703. The van der Waals surface area contributed by atoms with Crippen molar-refractivity contribution in [1.82, 2.24) is 4.90 Å². The maximum Gasteiger partial charge on any atom is 0.254 e. The summed E-state index contributed by atoms with van der Waals surface area (Å²) in [7, 11) is -3.87. The molecule has 2 bridgehead atoms. The molecule has 1 aromatic rings. The summed E-state index contributed by atoms with van der Waals surface area (Å²) >= 11 is 5.90. The smallest absolute Gasteiger partial charge is 0.254 e. The molecule has 0 spiro atoms. The van der Waals surface area contributed by atoms with Crippen LogP contribution in [0.15, 0.2) is 23.1 Å². The summed E-state index contributed by atoms with van der Waals surface area (Å²) in [5, 5.41) is 5.30. The highest BCUT2D eigenvalue weighted by Gasteiger charge is 2.40. The number of carbonyl (C=O) groups excluding carboxylic acids is 1. The van der Waals surface area contributed by atoms with Crippen LogP contribution in [-0.4, -0.2) is 31.8 Å². The fraction of sp³-hybridized carbons (Fsp3) is 0.462. The normalized spacial score (nSPS) is 25.2. The summed E-state index contributed by atoms with van der Waals surface area (Å²) in [6, 6.07) is 4.33. The molecule has 1 aliphatic heterocycles. The van der Waals surface area contributed by atoms with E-state index in [-0.39, 0.29) is 27.4 Å². The first kappa shape index (κ1) is 13.9. The van der Waals surface area contributed by atoms with Crippen molar-refractivity contribution in [2.45, 2.75) is 30.2 Å². The van der Waals surface area contributed by atoms with Gasteiger partial charge < -0.3 is 4.90 Å². The Labute approximate surface area is 122 Å². The number of likely N-dealkylation sites (tertiary alicyclic amines) is 1. The van der Waals surface area contributed by atoms with Crippen LogP contribution in [0, 0.1) is 5.92 Å². The lowest BCUT2D eigenvalue weighted by Gasteiger charge is -2.27. The number of nitrogens with zero attached hydrogens (tertiary/aromatic N) is 1. The van der Waals surface area contributed by atoms with Crippen LogP contribution in [-0.2, 0) is 10.0 Å². The monoisotopic (exact) mass is 314 g/mol. The number of carbonyl (C=O) groups is 1. The molecule has 2 aliphatic rings. The Morgan fingerprint density at radius 3 is 2.60 bits per heavy atom. The maximum atomic E-state index is 12.5. The van der Waals surface area contributed by atoms with Crippen LogP contribution in [0.25, 0.3) is 0 Å². The molecule has 1 aliphatic carbocycles. The second kappa shape index (κ2) is 4.72. The second-order valence-corrected chi connectivity index (χ2v) is 7.51. The fourth-order valence-electron chi connectivity index (χ4n) is 3.19. The van der Waals surface area contributed by atoms with Gasteiger partial charge in [0.15, 0.2) is 0 Å². The Kier molecular flexibility index (Phi) is 3.27. The van der Waals surface area contributed by atoms with Crippen molar-refractivity contribution in [3.8, 4) is 0 Å². The number of piperidine rings is 1.